The Bertz CT molecular complexity index is 443. The lowest BCUT2D eigenvalue weighted by atomic mass is 10.3. The predicted octanol–water partition coefficient (Wildman–Crippen LogP) is 2.73. The summed E-state index contributed by atoms with van der Waals surface area (Å²) in [6.45, 7) is 0. The van der Waals surface area contributed by atoms with Gasteiger partial charge in [-0.05, 0) is 12.1 Å². The molecule has 0 saturated carbocycles. The molecule has 0 aliphatic heterocycles. The Kier molecular flexibility index (Phi) is 3.87. The van der Waals surface area contributed by atoms with E-state index in [4.69, 9.17) is 9.94 Å². The maximum atomic E-state index is 9.14. The molecule has 2 atom stereocenters. The van der Waals surface area contributed by atoms with E-state index in [0.29, 0.717) is 8.51 Å². The van der Waals surface area contributed by atoms with E-state index in [-0.39, 0.29) is 6.35 Å². The Hall–Kier alpha value is -0.720. The maximum Gasteiger partial charge on any atom is 0.182 e. The molecule has 1 aromatic carbocycles. The number of benzene rings is 1. The van der Waals surface area contributed by atoms with E-state index < -0.39 is 7.85 Å². The molecule has 0 saturated heterocycles. The molecule has 0 aliphatic carbocycles. The van der Waals surface area contributed by atoms with Crippen molar-refractivity contribution < 1.29 is 9.94 Å². The topological polar surface area (TPSA) is 63.1 Å². The summed E-state index contributed by atoms with van der Waals surface area (Å²) in [7, 11) is 0.264. The molecule has 5 nitrogen and oxygen atoms in total. The highest BCUT2D eigenvalue weighted by Crippen LogP contribution is 2.28. The van der Waals surface area contributed by atoms with Crippen LogP contribution >= 0.6 is 24.9 Å². The summed E-state index contributed by atoms with van der Waals surface area (Å²) < 4.78 is 8.92. The van der Waals surface area contributed by atoms with Gasteiger partial charge in [-0.3, -0.25) is 0 Å². The second-order valence-corrected chi connectivity index (χ2v) is 6.83. The van der Waals surface area contributed by atoms with Gasteiger partial charge in [0.1, 0.15) is 6.35 Å². The highest BCUT2D eigenvalue weighted by atomic mass is 31.2. The van der Waals surface area contributed by atoms with E-state index in [1.54, 1.807) is 4.26 Å². The average Bonchev–Trinajstić information content (AvgIpc) is 2.31. The molecule has 0 bridgehead atoms. The Balaban J connectivity index is 2.24. The number of nitrogens with one attached hydrogen (secondary N) is 1. The van der Waals surface area contributed by atoms with E-state index in [1.807, 2.05) is 30.3 Å². The fourth-order valence-electron chi connectivity index (χ4n) is 0.964. The van der Waals surface area contributed by atoms with Crippen LogP contribution in [0.25, 0.3) is 0 Å². The van der Waals surface area contributed by atoms with Crippen molar-refractivity contribution in [2.75, 3.05) is 0 Å². The first-order valence-corrected chi connectivity index (χ1v) is 7.45. The Labute approximate surface area is 91.0 Å². The quantitative estimate of drug-likeness (QED) is 0.892. The van der Waals surface area contributed by atoms with E-state index in [2.05, 4.69) is 9.02 Å². The number of H-pyrrole nitrogens is 1. The first kappa shape index (κ1) is 10.8. The molecule has 15 heavy (non-hydrogen) atoms. The molecule has 1 heterocycles. The molecule has 2 rings (SSSR count). The molecule has 0 aliphatic rings. The van der Waals surface area contributed by atoms with Gasteiger partial charge >= 0.3 is 0 Å². The monoisotopic (exact) mass is 261 g/mol. The molecular weight excluding hydrogens is 251 g/mol. The number of aliphatic hydroxyl groups excluding tert-OH is 1. The van der Waals surface area contributed by atoms with Crippen molar-refractivity contribution in [3.63, 3.8) is 0 Å². The lowest BCUT2D eigenvalue weighted by molar-refractivity contribution is 0.263. The van der Waals surface area contributed by atoms with Crippen LogP contribution in [0, 0.1) is 0 Å². The Morgan fingerprint density at radius 3 is 3.07 bits per heavy atom. The van der Waals surface area contributed by atoms with Crippen molar-refractivity contribution in [2.45, 2.75) is 6.35 Å². The van der Waals surface area contributed by atoms with Crippen LogP contribution in [0.3, 0.4) is 0 Å². The van der Waals surface area contributed by atoms with Crippen LogP contribution in [-0.2, 0) is 6.35 Å². The highest BCUT2D eigenvalue weighted by molar-refractivity contribution is 7.53. The van der Waals surface area contributed by atoms with Crippen LogP contribution in [-0.4, -0.2) is 18.4 Å². The van der Waals surface area contributed by atoms with Gasteiger partial charge in [0.2, 0.25) is 0 Å². The smallest absolute Gasteiger partial charge is 0.182 e. The van der Waals surface area contributed by atoms with E-state index >= 15 is 0 Å². The van der Waals surface area contributed by atoms with Crippen molar-refractivity contribution in [3.8, 4) is 5.75 Å². The average molecular weight is 261 g/mol. The molecule has 2 N–H and O–H groups in total. The predicted molar refractivity (Wildman–Crippen MR) is 63.6 cm³/mol. The third-order valence-electron chi connectivity index (χ3n) is 1.62. The van der Waals surface area contributed by atoms with Crippen LogP contribution in [0.2, 0.25) is 0 Å². The van der Waals surface area contributed by atoms with E-state index in [0.717, 1.165) is 14.3 Å². The fourth-order valence-corrected chi connectivity index (χ4v) is 4.87. The minimum Gasteiger partial charge on any atom is -0.385 e. The molecule has 2 unspecified atom stereocenters. The first-order chi connectivity index (χ1) is 7.40. The summed E-state index contributed by atoms with van der Waals surface area (Å²) >= 11 is 0. The standard InChI is InChI=1S/C7H10N3O2P3/c11-6-15-9-13-8-14-10(15)12-7-4-2-1-3-5-7/h1-5,9,11,13H,6H2. The van der Waals surface area contributed by atoms with Gasteiger partial charge in [0.25, 0.3) is 0 Å². The van der Waals surface area contributed by atoms with Crippen LogP contribution in [0.5, 0.6) is 5.75 Å². The number of para-hydroxylation sites is 1. The van der Waals surface area contributed by atoms with Crippen LogP contribution in [0.4, 0.5) is 0 Å². The van der Waals surface area contributed by atoms with Crippen LogP contribution < -0.4 is 4.84 Å². The van der Waals surface area contributed by atoms with Crippen molar-refractivity contribution in [3.05, 3.63) is 30.3 Å². The second kappa shape index (κ2) is 5.39. The zero-order valence-corrected chi connectivity index (χ0v) is 10.5. The number of rotatable bonds is 3. The molecule has 0 spiro atoms. The second-order valence-electron chi connectivity index (χ2n) is 2.61. The molecule has 0 radical (unpaired) electrons. The number of hydrogen-bond donors (Lipinski definition) is 2. The lowest BCUT2D eigenvalue weighted by Crippen LogP contribution is -2.00. The molecule has 0 fully saturated rings. The van der Waals surface area contributed by atoms with Crippen LogP contribution in [0.1, 0.15) is 0 Å². The number of aromatic nitrogens is 3. The molecule has 2 aromatic rings. The molecule has 80 valence electrons. The zero-order valence-electron chi connectivity index (χ0n) is 7.74. The van der Waals surface area contributed by atoms with Gasteiger partial charge in [-0.15, -0.1) is 4.26 Å². The maximum absolute atomic E-state index is 9.14. The summed E-state index contributed by atoms with van der Waals surface area (Å²) in [6, 6.07) is 9.49. The fraction of sp³-hybridized carbons (Fsp3) is 0.143. The molecular formula is C7H10N3O2P3. The summed E-state index contributed by atoms with van der Waals surface area (Å²) in [6.07, 6.45) is 0.0671. The van der Waals surface area contributed by atoms with Crippen molar-refractivity contribution in [1.29, 1.82) is 0 Å². The highest BCUT2D eigenvalue weighted by Gasteiger charge is 2.00. The van der Waals surface area contributed by atoms with Gasteiger partial charge in [-0.1, -0.05) is 18.2 Å². The van der Waals surface area contributed by atoms with Gasteiger partial charge in [0, 0.05) is 8.51 Å². The minimum atomic E-state index is -0.834. The largest absolute Gasteiger partial charge is 0.385 e. The lowest BCUT2D eigenvalue weighted by Gasteiger charge is -2.10. The van der Waals surface area contributed by atoms with Gasteiger partial charge in [0.05, 0.1) is 7.85 Å². The normalized spacial score (nSPS) is 12.2. The number of aromatic amines is 1. The zero-order chi connectivity index (χ0) is 10.5. The SMILES string of the molecule is OCp1[nH][pH]npn1Oc1ccccc1. The van der Waals surface area contributed by atoms with Crippen LogP contribution in [0.15, 0.2) is 30.3 Å². The number of nitrogens with zero attached hydrogens (tertiary/aromatic N) is 2. The Morgan fingerprint density at radius 1 is 1.53 bits per heavy atom. The number of aliphatic hydroxyl groups is 1. The summed E-state index contributed by atoms with van der Waals surface area (Å²) in [5.74, 6) is 0.758. The minimum absolute atomic E-state index is 0.0671. The summed E-state index contributed by atoms with van der Waals surface area (Å²) in [4.78, 5) is 5.60. The van der Waals surface area contributed by atoms with Gasteiger partial charge < -0.3 is 14.5 Å². The van der Waals surface area contributed by atoms with Crippen molar-refractivity contribution in [1.82, 2.24) is 13.3 Å². The first-order valence-electron chi connectivity index (χ1n) is 4.23. The summed E-state index contributed by atoms with van der Waals surface area (Å²) in [5, 5.41) is 9.14. The van der Waals surface area contributed by atoms with E-state index in [1.165, 1.54) is 0 Å². The van der Waals surface area contributed by atoms with Crippen molar-refractivity contribution >= 4 is 24.9 Å². The van der Waals surface area contributed by atoms with Gasteiger partial charge in [-0.2, -0.15) is 4.51 Å². The molecule has 1 aromatic heterocycles. The number of hydrogen-bond acceptors (Lipinski definition) is 3. The third-order valence-corrected chi connectivity index (χ3v) is 5.70. The van der Waals surface area contributed by atoms with Crippen molar-refractivity contribution in [2.24, 2.45) is 0 Å². The molecule has 8 heteroatoms. The summed E-state index contributed by atoms with van der Waals surface area (Å²) in [5.41, 5.74) is 0. The van der Waals surface area contributed by atoms with Gasteiger partial charge in [0.15, 0.2) is 14.3 Å². The molecule has 0 amide bonds. The van der Waals surface area contributed by atoms with Gasteiger partial charge in [-0.25, -0.2) is 0 Å². The van der Waals surface area contributed by atoms with E-state index in [9.17, 15) is 0 Å². The Morgan fingerprint density at radius 2 is 2.33 bits per heavy atom. The third kappa shape index (κ3) is 2.87.